The fourth-order valence-electron chi connectivity index (χ4n) is 2.19. The van der Waals surface area contributed by atoms with Crippen LogP contribution in [0.1, 0.15) is 27.7 Å². The van der Waals surface area contributed by atoms with Gasteiger partial charge in [0.2, 0.25) is 0 Å². The molecule has 0 radical (unpaired) electrons. The number of halogens is 1. The van der Waals surface area contributed by atoms with Gasteiger partial charge in [-0.15, -0.1) is 0 Å². The molecule has 0 unspecified atom stereocenters. The van der Waals surface area contributed by atoms with Crippen LogP contribution in [-0.4, -0.2) is 31.3 Å². The predicted octanol–water partition coefficient (Wildman–Crippen LogP) is 3.83. The third-order valence-corrected chi connectivity index (χ3v) is 22.1. The monoisotopic (exact) mass is 251 g/mol. The first kappa shape index (κ1) is 14.7. The van der Waals surface area contributed by atoms with E-state index < -0.39 is 14.7 Å². The Morgan fingerprint density at radius 3 is 1.21 bits per heavy atom. The summed E-state index contributed by atoms with van der Waals surface area (Å²) in [6.07, 6.45) is 0. The smallest absolute Gasteiger partial charge is 0.158 e. The summed E-state index contributed by atoms with van der Waals surface area (Å²) < 4.78 is 2.67. The van der Waals surface area contributed by atoms with Crippen LogP contribution in [-0.2, 0) is 0 Å². The summed E-state index contributed by atoms with van der Waals surface area (Å²) >= 11 is 6.67. The highest BCUT2D eigenvalue weighted by molar-refractivity contribution is 7.57. The van der Waals surface area contributed by atoms with E-state index in [-0.39, 0.29) is 0 Å². The van der Waals surface area contributed by atoms with Crippen LogP contribution in [0.5, 0.6) is 0 Å². The van der Waals surface area contributed by atoms with Gasteiger partial charge in [0.15, 0.2) is 6.90 Å². The third-order valence-electron chi connectivity index (χ3n) is 3.21. The molecule has 0 aromatic carbocycles. The molecule has 0 aliphatic carbocycles. The summed E-state index contributed by atoms with van der Waals surface area (Å²) in [4.78, 5) is 0. The topological polar surface area (TPSA) is 3.24 Å². The molecule has 0 aromatic heterocycles. The fourth-order valence-corrected chi connectivity index (χ4v) is 9.66. The van der Waals surface area contributed by atoms with Crippen LogP contribution in [0.25, 0.3) is 0 Å². The molecule has 14 heavy (non-hydrogen) atoms. The van der Waals surface area contributed by atoms with Crippen molar-refractivity contribution >= 4 is 25.7 Å². The number of rotatable bonds is 4. The predicted molar refractivity (Wildman–Crippen MR) is 72.9 cm³/mol. The Hall–Kier alpha value is 0.684. The molecule has 0 atom stereocenters. The maximum atomic E-state index is 6.67. The van der Waals surface area contributed by atoms with E-state index in [1.54, 1.807) is 0 Å². The summed E-state index contributed by atoms with van der Waals surface area (Å²) in [5.74, 6) is 0. The van der Waals surface area contributed by atoms with Crippen molar-refractivity contribution < 1.29 is 0 Å². The number of hydrogen-bond acceptors (Lipinski definition) is 1. The van der Waals surface area contributed by atoms with Crippen LogP contribution < -0.4 is 0 Å². The van der Waals surface area contributed by atoms with E-state index >= 15 is 0 Å². The SMILES string of the molecule is CC(C)N(C(C)C)[Si](C)(C)[Si](C)(C)Cl. The van der Waals surface area contributed by atoms with Gasteiger partial charge in [-0.25, -0.2) is 0 Å². The van der Waals surface area contributed by atoms with Crippen molar-refractivity contribution in [3.63, 3.8) is 0 Å². The van der Waals surface area contributed by atoms with Crippen molar-refractivity contribution in [1.29, 1.82) is 0 Å². The zero-order valence-corrected chi connectivity index (χ0v) is 13.7. The summed E-state index contributed by atoms with van der Waals surface area (Å²) in [6.45, 7) is 17.0. The molecule has 0 spiro atoms. The zero-order chi connectivity index (χ0) is 11.7. The molecule has 0 aliphatic rings. The number of nitrogens with zero attached hydrogens (tertiary/aromatic N) is 1. The summed E-state index contributed by atoms with van der Waals surface area (Å²) in [6, 6.07) is 1.23. The van der Waals surface area contributed by atoms with Gasteiger partial charge in [-0.05, 0) is 12.1 Å². The van der Waals surface area contributed by atoms with Crippen molar-refractivity contribution in [1.82, 2.24) is 4.57 Å². The van der Waals surface area contributed by atoms with Crippen LogP contribution in [0.2, 0.25) is 26.2 Å². The van der Waals surface area contributed by atoms with E-state index in [2.05, 4.69) is 58.4 Å². The standard InChI is InChI=1S/C10H26ClNSi2/c1-9(2)12(10(3)4)14(7,8)13(5,6)11/h9-10H,1-8H3. The molecule has 4 heteroatoms. The minimum atomic E-state index is -1.54. The number of hydrogen-bond donors (Lipinski definition) is 0. The van der Waals surface area contributed by atoms with Gasteiger partial charge in [-0.1, -0.05) is 53.9 Å². The van der Waals surface area contributed by atoms with Crippen molar-refractivity contribution in [2.75, 3.05) is 0 Å². The molecule has 0 saturated carbocycles. The summed E-state index contributed by atoms with van der Waals surface area (Å²) in [5.41, 5.74) is 0. The Morgan fingerprint density at radius 1 is 0.857 bits per heavy atom. The quantitative estimate of drug-likeness (QED) is 0.542. The third kappa shape index (κ3) is 3.09. The van der Waals surface area contributed by atoms with Crippen molar-refractivity contribution in [3.05, 3.63) is 0 Å². The highest BCUT2D eigenvalue weighted by atomic mass is 35.6. The normalized spacial score (nSPS) is 14.6. The van der Waals surface area contributed by atoms with E-state index in [0.717, 1.165) is 0 Å². The second kappa shape index (κ2) is 4.68. The molecule has 0 rings (SSSR count). The molecule has 1 nitrogen and oxygen atoms in total. The fraction of sp³-hybridized carbons (Fsp3) is 1.00. The van der Waals surface area contributed by atoms with Gasteiger partial charge >= 0.3 is 0 Å². The highest BCUT2D eigenvalue weighted by Crippen LogP contribution is 2.29. The molecule has 86 valence electrons. The zero-order valence-electron chi connectivity index (χ0n) is 11.0. The van der Waals surface area contributed by atoms with E-state index in [4.69, 9.17) is 11.1 Å². The lowest BCUT2D eigenvalue weighted by molar-refractivity contribution is 0.301. The largest absolute Gasteiger partial charge is 0.320 e. The second-order valence-electron chi connectivity index (χ2n) is 5.63. The molecule has 0 saturated heterocycles. The van der Waals surface area contributed by atoms with Gasteiger partial charge in [0, 0.05) is 0 Å². The Morgan fingerprint density at radius 2 is 1.14 bits per heavy atom. The van der Waals surface area contributed by atoms with Crippen molar-refractivity contribution in [2.24, 2.45) is 0 Å². The molecule has 0 fully saturated rings. The van der Waals surface area contributed by atoms with E-state index in [0.29, 0.717) is 12.1 Å². The Labute approximate surface area is 96.4 Å². The lowest BCUT2D eigenvalue weighted by Crippen LogP contribution is -2.67. The average molecular weight is 252 g/mol. The Bertz CT molecular complexity index is 177. The Kier molecular flexibility index (Phi) is 4.91. The van der Waals surface area contributed by atoms with Gasteiger partial charge in [0.1, 0.15) is 7.75 Å². The molecular weight excluding hydrogens is 226 g/mol. The molecule has 0 heterocycles. The van der Waals surface area contributed by atoms with Crippen LogP contribution in [0.3, 0.4) is 0 Å². The summed E-state index contributed by atoms with van der Waals surface area (Å²) in [5, 5.41) is 0. The molecule has 0 amide bonds. The lowest BCUT2D eigenvalue weighted by atomic mass is 10.3. The van der Waals surface area contributed by atoms with E-state index in [1.165, 1.54) is 0 Å². The van der Waals surface area contributed by atoms with Crippen LogP contribution in [0.15, 0.2) is 0 Å². The molecule has 0 aliphatic heterocycles. The first-order valence-electron chi connectivity index (χ1n) is 5.49. The van der Waals surface area contributed by atoms with Gasteiger partial charge in [0.05, 0.1) is 0 Å². The highest BCUT2D eigenvalue weighted by Gasteiger charge is 2.46. The van der Waals surface area contributed by atoms with Gasteiger partial charge < -0.3 is 4.57 Å². The average Bonchev–Trinajstić information content (AvgIpc) is 1.79. The maximum Gasteiger partial charge on any atom is 0.158 e. The molecule has 0 aromatic rings. The van der Waals surface area contributed by atoms with Crippen LogP contribution >= 0.6 is 11.1 Å². The van der Waals surface area contributed by atoms with Gasteiger partial charge in [-0.3, -0.25) is 0 Å². The minimum Gasteiger partial charge on any atom is -0.320 e. The molecular formula is C10H26ClNSi2. The van der Waals surface area contributed by atoms with Gasteiger partial charge in [-0.2, -0.15) is 11.1 Å². The second-order valence-corrected chi connectivity index (χ2v) is 23.4. The van der Waals surface area contributed by atoms with E-state index in [9.17, 15) is 0 Å². The van der Waals surface area contributed by atoms with Crippen LogP contribution in [0, 0.1) is 0 Å². The molecule has 0 N–H and O–H groups in total. The lowest BCUT2D eigenvalue weighted by Gasteiger charge is -2.48. The van der Waals surface area contributed by atoms with Gasteiger partial charge in [0.25, 0.3) is 0 Å². The van der Waals surface area contributed by atoms with Crippen molar-refractivity contribution in [3.8, 4) is 0 Å². The first-order valence-corrected chi connectivity index (χ1v) is 13.4. The van der Waals surface area contributed by atoms with Crippen LogP contribution in [0.4, 0.5) is 0 Å². The van der Waals surface area contributed by atoms with E-state index in [1.807, 2.05) is 0 Å². The first-order chi connectivity index (χ1) is 6.01. The summed E-state index contributed by atoms with van der Waals surface area (Å²) in [7, 11) is -1.42. The maximum absolute atomic E-state index is 6.67. The minimum absolute atomic E-state index is 0.613. The Balaban J connectivity index is 5.01. The molecule has 0 bridgehead atoms. The van der Waals surface area contributed by atoms with Crippen molar-refractivity contribution in [2.45, 2.75) is 66.0 Å².